The number of rotatable bonds is 12. The van der Waals surface area contributed by atoms with Crippen molar-refractivity contribution in [3.63, 3.8) is 0 Å². The van der Waals surface area contributed by atoms with Crippen molar-refractivity contribution in [2.24, 2.45) is 5.73 Å². The molecule has 0 radical (unpaired) electrons. The summed E-state index contributed by atoms with van der Waals surface area (Å²) >= 11 is 0. The normalized spacial score (nSPS) is 28.0. The molecule has 2 rings (SSSR count). The Morgan fingerprint density at radius 1 is 1.24 bits per heavy atom. The molecule has 214 valence electrons. The second-order valence-electron chi connectivity index (χ2n) is 9.05. The monoisotopic (exact) mass is 546 g/mol. The van der Waals surface area contributed by atoms with Crippen LogP contribution in [0.2, 0.25) is 0 Å². The van der Waals surface area contributed by atoms with E-state index in [1.54, 1.807) is 0 Å². The molecule has 2 fully saturated rings. The van der Waals surface area contributed by atoms with Gasteiger partial charge in [-0.15, -0.1) is 5.06 Å². The van der Waals surface area contributed by atoms with Crippen molar-refractivity contribution in [3.8, 4) is 0 Å². The molecule has 4 amide bonds. The van der Waals surface area contributed by atoms with Gasteiger partial charge >= 0.3 is 11.9 Å². The van der Waals surface area contributed by atoms with Gasteiger partial charge in [0.05, 0.1) is 26.6 Å². The second kappa shape index (κ2) is 13.6. The van der Waals surface area contributed by atoms with E-state index in [1.165, 1.54) is 13.8 Å². The number of imide groups is 1. The number of carbonyl (C=O) groups is 6. The first-order chi connectivity index (χ1) is 17.8. The minimum Gasteiger partial charge on any atom is -0.468 e. The lowest BCUT2D eigenvalue weighted by Gasteiger charge is -2.48. The van der Waals surface area contributed by atoms with Gasteiger partial charge in [0.2, 0.25) is 11.8 Å². The van der Waals surface area contributed by atoms with Crippen LogP contribution in [0.15, 0.2) is 0 Å². The molecule has 0 aliphatic carbocycles. The fourth-order valence-electron chi connectivity index (χ4n) is 3.83. The molecular formula is C22H34N4O12. The Bertz CT molecular complexity index is 910. The van der Waals surface area contributed by atoms with Gasteiger partial charge in [-0.3, -0.25) is 24.0 Å². The first-order valence-corrected chi connectivity index (χ1v) is 11.9. The van der Waals surface area contributed by atoms with Crippen LogP contribution in [0.4, 0.5) is 0 Å². The molecule has 0 bridgehead atoms. The van der Waals surface area contributed by atoms with Crippen LogP contribution < -0.4 is 16.4 Å². The molecule has 2 aliphatic heterocycles. The highest BCUT2D eigenvalue weighted by molar-refractivity contribution is 6.01. The number of nitrogens with zero attached hydrogens (tertiary/aromatic N) is 1. The SMILES string of the molecule is COC(=O)C(N)CC(=O)NCC1OC(OCCCC(=O)ON2C(=O)CCC2=O)C(NC(C)=O)C(C)(O)C1O. The summed E-state index contributed by atoms with van der Waals surface area (Å²) in [4.78, 5) is 75.1. The van der Waals surface area contributed by atoms with E-state index in [1.807, 2.05) is 0 Å². The molecule has 2 saturated heterocycles. The van der Waals surface area contributed by atoms with Crippen LogP contribution in [0.5, 0.6) is 0 Å². The zero-order chi connectivity index (χ0) is 28.6. The van der Waals surface area contributed by atoms with Crippen LogP contribution in [0, 0.1) is 0 Å². The molecule has 6 atom stereocenters. The summed E-state index contributed by atoms with van der Waals surface area (Å²) in [6.07, 6.45) is -4.74. The van der Waals surface area contributed by atoms with Crippen LogP contribution in [0.1, 0.15) is 46.0 Å². The molecule has 6 unspecified atom stereocenters. The second-order valence-corrected chi connectivity index (χ2v) is 9.05. The van der Waals surface area contributed by atoms with E-state index >= 15 is 0 Å². The number of nitrogens with two attached hydrogens (primary N) is 1. The Balaban J connectivity index is 1.96. The zero-order valence-corrected chi connectivity index (χ0v) is 21.3. The average molecular weight is 547 g/mol. The van der Waals surface area contributed by atoms with Gasteiger partial charge in [0.1, 0.15) is 29.9 Å². The van der Waals surface area contributed by atoms with Crippen molar-refractivity contribution in [2.75, 3.05) is 20.3 Å². The maximum atomic E-state index is 12.1. The average Bonchev–Trinajstić information content (AvgIpc) is 3.16. The quantitative estimate of drug-likeness (QED) is 0.0920. The van der Waals surface area contributed by atoms with Crippen LogP contribution in [0.3, 0.4) is 0 Å². The number of esters is 1. The maximum absolute atomic E-state index is 12.1. The summed E-state index contributed by atoms with van der Waals surface area (Å²) in [7, 11) is 1.12. The zero-order valence-electron chi connectivity index (χ0n) is 21.3. The number of hydrogen-bond donors (Lipinski definition) is 5. The third kappa shape index (κ3) is 8.16. The van der Waals surface area contributed by atoms with Gasteiger partial charge in [0.25, 0.3) is 11.8 Å². The lowest BCUT2D eigenvalue weighted by molar-refractivity contribution is -0.289. The number of carbonyl (C=O) groups excluding carboxylic acids is 6. The van der Waals surface area contributed by atoms with Crippen LogP contribution in [-0.4, -0.2) is 107 Å². The fraction of sp³-hybridized carbons (Fsp3) is 0.727. The smallest absolute Gasteiger partial charge is 0.333 e. The van der Waals surface area contributed by atoms with Crippen molar-refractivity contribution < 1.29 is 58.0 Å². The van der Waals surface area contributed by atoms with Gasteiger partial charge < -0.3 is 45.6 Å². The summed E-state index contributed by atoms with van der Waals surface area (Å²) in [5, 5.41) is 27.0. The van der Waals surface area contributed by atoms with E-state index in [2.05, 4.69) is 15.4 Å². The Kier molecular flexibility index (Phi) is 11.1. The van der Waals surface area contributed by atoms with Gasteiger partial charge in [-0.1, -0.05) is 0 Å². The molecule has 0 saturated carbocycles. The van der Waals surface area contributed by atoms with E-state index in [9.17, 15) is 39.0 Å². The van der Waals surface area contributed by atoms with Gasteiger partial charge in [0, 0.05) is 26.3 Å². The molecular weight excluding hydrogens is 512 g/mol. The van der Waals surface area contributed by atoms with Crippen molar-refractivity contribution in [2.45, 2.75) is 82.1 Å². The van der Waals surface area contributed by atoms with E-state index in [-0.39, 0.29) is 38.8 Å². The molecule has 2 heterocycles. The van der Waals surface area contributed by atoms with Gasteiger partial charge in [-0.25, -0.2) is 4.79 Å². The number of nitrogens with one attached hydrogen (secondary N) is 2. The molecule has 0 aromatic heterocycles. The van der Waals surface area contributed by atoms with Crippen molar-refractivity contribution in [3.05, 3.63) is 0 Å². The highest BCUT2D eigenvalue weighted by Gasteiger charge is 2.53. The van der Waals surface area contributed by atoms with Gasteiger partial charge in [-0.2, -0.15) is 0 Å². The van der Waals surface area contributed by atoms with Crippen molar-refractivity contribution in [1.82, 2.24) is 15.7 Å². The third-order valence-corrected chi connectivity index (χ3v) is 5.94. The molecule has 6 N–H and O–H groups in total. The van der Waals surface area contributed by atoms with Gasteiger partial charge in [-0.05, 0) is 13.3 Å². The van der Waals surface area contributed by atoms with Crippen LogP contribution >= 0.6 is 0 Å². The summed E-state index contributed by atoms with van der Waals surface area (Å²) in [5.41, 5.74) is 3.59. The number of aliphatic hydroxyl groups is 2. The van der Waals surface area contributed by atoms with Crippen molar-refractivity contribution in [1.29, 1.82) is 0 Å². The first kappa shape index (κ1) is 31.0. The standard InChI is InChI=1S/C22H34N4O12/c1-11(27)25-18-21(36-8-4-5-17(31)38-26-15(29)6-7-16(26)30)37-13(19(32)22(18,2)34)10-24-14(28)9-12(23)20(33)35-3/h12-13,18-19,21,32,34H,4-10,23H2,1-3H3,(H,24,28)(H,25,27). The minimum absolute atomic E-state index is 0.0374. The Hall–Kier alpha value is -3.18. The first-order valence-electron chi connectivity index (χ1n) is 11.9. The summed E-state index contributed by atoms with van der Waals surface area (Å²) in [6.45, 7) is 1.99. The number of hydrogen-bond acceptors (Lipinski definition) is 13. The molecule has 38 heavy (non-hydrogen) atoms. The summed E-state index contributed by atoms with van der Waals surface area (Å²) in [6, 6.07) is -2.43. The van der Waals surface area contributed by atoms with E-state index in [0.717, 1.165) is 7.11 Å². The van der Waals surface area contributed by atoms with E-state index in [4.69, 9.17) is 20.0 Å². The summed E-state index contributed by atoms with van der Waals surface area (Å²) < 4.78 is 15.8. The largest absolute Gasteiger partial charge is 0.468 e. The number of hydroxylamine groups is 2. The molecule has 16 nitrogen and oxygen atoms in total. The topological polar surface area (TPSA) is 233 Å². The van der Waals surface area contributed by atoms with Crippen molar-refractivity contribution >= 4 is 35.6 Å². The fourth-order valence-corrected chi connectivity index (χ4v) is 3.83. The minimum atomic E-state index is -1.97. The van der Waals surface area contributed by atoms with E-state index < -0.39 is 78.2 Å². The molecule has 0 spiro atoms. The number of ether oxygens (including phenoxy) is 3. The van der Waals surface area contributed by atoms with Crippen LogP contribution in [0.25, 0.3) is 0 Å². The molecule has 0 aromatic rings. The number of amides is 4. The lowest BCUT2D eigenvalue weighted by atomic mass is 9.83. The highest BCUT2D eigenvalue weighted by Crippen LogP contribution is 2.30. The number of aliphatic hydroxyl groups excluding tert-OH is 1. The summed E-state index contributed by atoms with van der Waals surface area (Å²) in [5.74, 6) is -4.04. The predicted octanol–water partition coefficient (Wildman–Crippen LogP) is -3.26. The molecule has 2 aliphatic rings. The Morgan fingerprint density at radius 2 is 1.87 bits per heavy atom. The third-order valence-electron chi connectivity index (χ3n) is 5.94. The predicted molar refractivity (Wildman–Crippen MR) is 123 cm³/mol. The molecule has 0 aromatic carbocycles. The Morgan fingerprint density at radius 3 is 2.45 bits per heavy atom. The lowest BCUT2D eigenvalue weighted by Crippen LogP contribution is -2.71. The van der Waals surface area contributed by atoms with Gasteiger partial charge in [0.15, 0.2) is 6.29 Å². The number of methoxy groups -OCH3 is 1. The Labute approximate surface area is 218 Å². The molecule has 16 heteroatoms. The maximum Gasteiger partial charge on any atom is 0.333 e. The highest BCUT2D eigenvalue weighted by atomic mass is 16.7. The van der Waals surface area contributed by atoms with Crippen LogP contribution in [-0.2, 0) is 47.8 Å². The van der Waals surface area contributed by atoms with E-state index in [0.29, 0.717) is 5.06 Å².